The first-order chi connectivity index (χ1) is 16.5. The molecule has 1 saturated heterocycles. The van der Waals surface area contributed by atoms with Crippen LogP contribution < -0.4 is 5.32 Å². The summed E-state index contributed by atoms with van der Waals surface area (Å²) in [6.07, 6.45) is 3.59. The third kappa shape index (κ3) is 5.51. The number of carbonyl (C=O) groups excluding carboxylic acids is 2. The first-order valence-electron chi connectivity index (χ1n) is 11.6. The number of phenols is 1. The third-order valence-electron chi connectivity index (χ3n) is 5.82. The number of phenolic OH excluding ortho intramolecular Hbond substituents is 1. The van der Waals surface area contributed by atoms with Crippen LogP contribution in [0.3, 0.4) is 0 Å². The first kappa shape index (κ1) is 24.8. The number of hydrogen-bond acceptors (Lipinski definition) is 6. The average Bonchev–Trinajstić information content (AvgIpc) is 2.96. The zero-order valence-electron chi connectivity index (χ0n) is 20.3. The molecule has 0 aliphatic carbocycles. The highest BCUT2D eigenvalue weighted by molar-refractivity contribution is 6.36. The van der Waals surface area contributed by atoms with Gasteiger partial charge < -0.3 is 19.3 Å². The molecule has 1 aromatic carbocycles. The number of nitrogens with zero attached hydrogens (tertiary/aromatic N) is 4. The molecule has 1 fully saturated rings. The Morgan fingerprint density at radius 1 is 1.23 bits per heavy atom. The second-order valence-electron chi connectivity index (χ2n) is 9.79. The number of ether oxygens (including phenoxy) is 1. The second-order valence-corrected chi connectivity index (χ2v) is 10.2. The molecule has 3 aromatic rings. The molecule has 0 saturated carbocycles. The summed E-state index contributed by atoms with van der Waals surface area (Å²) < 4.78 is 7.44. The van der Waals surface area contributed by atoms with Gasteiger partial charge >= 0.3 is 6.09 Å². The number of imidazole rings is 1. The Kier molecular flexibility index (Phi) is 6.89. The van der Waals surface area contributed by atoms with Gasteiger partial charge in [-0.05, 0) is 71.2 Å². The highest BCUT2D eigenvalue weighted by Crippen LogP contribution is 2.38. The lowest BCUT2D eigenvalue weighted by Gasteiger charge is -2.29. The number of amides is 2. The minimum atomic E-state index is -0.614. The molecule has 35 heavy (non-hydrogen) atoms. The molecule has 4 rings (SSSR count). The molecule has 9 nitrogen and oxygen atoms in total. The lowest BCUT2D eigenvalue weighted by atomic mass is 10.1. The number of aryl methyl sites for hydroxylation is 1. The molecule has 186 valence electrons. The number of likely N-dealkylation sites (tertiary alicyclic amines) is 1. The van der Waals surface area contributed by atoms with Crippen LogP contribution in [0.4, 0.5) is 10.7 Å². The van der Waals surface area contributed by atoms with E-state index in [1.165, 1.54) is 6.07 Å². The maximum absolute atomic E-state index is 13.1. The molecule has 2 aromatic heterocycles. The van der Waals surface area contributed by atoms with Crippen LogP contribution in [0.5, 0.6) is 5.75 Å². The van der Waals surface area contributed by atoms with Crippen LogP contribution in [-0.4, -0.2) is 55.2 Å². The second kappa shape index (κ2) is 9.73. The summed E-state index contributed by atoms with van der Waals surface area (Å²) in [6.45, 7) is 8.23. The van der Waals surface area contributed by atoms with Gasteiger partial charge in [0, 0.05) is 30.5 Å². The zero-order valence-corrected chi connectivity index (χ0v) is 21.1. The summed E-state index contributed by atoms with van der Waals surface area (Å²) in [5.74, 6) is -0.131. The Labute approximate surface area is 209 Å². The topological polar surface area (TPSA) is 110 Å². The van der Waals surface area contributed by atoms with E-state index in [4.69, 9.17) is 16.3 Å². The molecule has 2 N–H and O–H groups in total. The van der Waals surface area contributed by atoms with Crippen LogP contribution in [0.1, 0.15) is 62.1 Å². The van der Waals surface area contributed by atoms with Gasteiger partial charge in [0.25, 0.3) is 5.91 Å². The summed E-state index contributed by atoms with van der Waals surface area (Å²) in [6, 6.07) is 6.20. The predicted molar refractivity (Wildman–Crippen MR) is 134 cm³/mol. The van der Waals surface area contributed by atoms with Gasteiger partial charge in [0.2, 0.25) is 5.95 Å². The van der Waals surface area contributed by atoms with Crippen molar-refractivity contribution in [2.45, 2.75) is 58.6 Å². The fourth-order valence-corrected chi connectivity index (χ4v) is 4.51. The monoisotopic (exact) mass is 499 g/mol. The minimum absolute atomic E-state index is 0.0828. The number of aromatic nitrogens is 3. The third-order valence-corrected chi connectivity index (χ3v) is 6.19. The van der Waals surface area contributed by atoms with Crippen molar-refractivity contribution in [1.82, 2.24) is 19.4 Å². The standard InChI is InChI=1S/C25H30ClN5O4/c1-15-13-16(10-11-27-15)22(33)29-23-28-18-8-9-19(32)20(26)21(18)31(23)17-7-5-6-12-30(14-17)24(34)35-25(2,3)4/h8-11,13,17,32H,5-7,12,14H2,1-4H3,(H,28,29,33). The Morgan fingerprint density at radius 3 is 2.71 bits per heavy atom. The van der Waals surface area contributed by atoms with Gasteiger partial charge in [0.05, 0.1) is 17.1 Å². The smallest absolute Gasteiger partial charge is 0.410 e. The lowest BCUT2D eigenvalue weighted by molar-refractivity contribution is 0.0238. The number of benzene rings is 1. The molecule has 0 radical (unpaired) electrons. The Morgan fingerprint density at radius 2 is 2.00 bits per heavy atom. The number of carbonyl (C=O) groups is 2. The predicted octanol–water partition coefficient (Wildman–Crippen LogP) is 5.31. The number of anilines is 1. The maximum Gasteiger partial charge on any atom is 0.410 e. The fourth-order valence-electron chi connectivity index (χ4n) is 4.26. The van der Waals surface area contributed by atoms with Crippen molar-refractivity contribution < 1.29 is 19.4 Å². The van der Waals surface area contributed by atoms with E-state index in [2.05, 4.69) is 15.3 Å². The number of pyridine rings is 1. The first-order valence-corrected chi connectivity index (χ1v) is 12.0. The van der Waals surface area contributed by atoms with Crippen molar-refractivity contribution in [2.75, 3.05) is 18.4 Å². The molecule has 3 heterocycles. The van der Waals surface area contributed by atoms with Crippen LogP contribution in [-0.2, 0) is 4.74 Å². The molecule has 1 unspecified atom stereocenters. The molecule has 0 bridgehead atoms. The number of halogens is 1. The SMILES string of the molecule is Cc1cc(C(=O)Nc2nc3ccc(O)c(Cl)c3n2C2CCCCN(C(=O)OC(C)(C)C)C2)ccn1. The summed E-state index contributed by atoms with van der Waals surface area (Å²) in [5, 5.41) is 13.4. The summed E-state index contributed by atoms with van der Waals surface area (Å²) in [4.78, 5) is 36.4. The van der Waals surface area contributed by atoms with Gasteiger partial charge in [-0.1, -0.05) is 11.6 Å². The van der Waals surface area contributed by atoms with Crippen molar-refractivity contribution >= 4 is 40.6 Å². The average molecular weight is 500 g/mol. The van der Waals surface area contributed by atoms with Gasteiger partial charge in [0.1, 0.15) is 16.4 Å². The van der Waals surface area contributed by atoms with Crippen LogP contribution >= 0.6 is 11.6 Å². The van der Waals surface area contributed by atoms with Gasteiger partial charge in [-0.3, -0.25) is 15.1 Å². The van der Waals surface area contributed by atoms with E-state index in [9.17, 15) is 14.7 Å². The van der Waals surface area contributed by atoms with E-state index >= 15 is 0 Å². The minimum Gasteiger partial charge on any atom is -0.506 e. The Hall–Kier alpha value is -3.33. The summed E-state index contributed by atoms with van der Waals surface area (Å²) in [5.41, 5.74) is 1.58. The fraction of sp³-hybridized carbons (Fsp3) is 0.440. The van der Waals surface area contributed by atoms with Crippen LogP contribution in [0.2, 0.25) is 5.02 Å². The van der Waals surface area contributed by atoms with Crippen molar-refractivity contribution in [2.24, 2.45) is 0 Å². The van der Waals surface area contributed by atoms with Crippen LogP contribution in [0.15, 0.2) is 30.5 Å². The number of hydrogen-bond donors (Lipinski definition) is 2. The zero-order chi connectivity index (χ0) is 25.3. The maximum atomic E-state index is 13.1. The molecular formula is C25H30ClN5O4. The van der Waals surface area contributed by atoms with E-state index in [0.717, 1.165) is 25.0 Å². The van der Waals surface area contributed by atoms with E-state index < -0.39 is 5.60 Å². The largest absolute Gasteiger partial charge is 0.506 e. The van der Waals surface area contributed by atoms with Gasteiger partial charge in [0.15, 0.2) is 0 Å². The van der Waals surface area contributed by atoms with Crippen molar-refractivity contribution in [3.05, 3.63) is 46.7 Å². The molecular weight excluding hydrogens is 470 g/mol. The van der Waals surface area contributed by atoms with Crippen molar-refractivity contribution in [3.63, 3.8) is 0 Å². The van der Waals surface area contributed by atoms with Gasteiger partial charge in [-0.2, -0.15) is 0 Å². The van der Waals surface area contributed by atoms with E-state index in [-0.39, 0.29) is 28.8 Å². The quantitative estimate of drug-likeness (QED) is 0.505. The highest BCUT2D eigenvalue weighted by atomic mass is 35.5. The van der Waals surface area contributed by atoms with Crippen LogP contribution in [0, 0.1) is 6.92 Å². The van der Waals surface area contributed by atoms with Crippen LogP contribution in [0.25, 0.3) is 11.0 Å². The summed E-state index contributed by atoms with van der Waals surface area (Å²) in [7, 11) is 0. The van der Waals surface area contributed by atoms with Crippen molar-refractivity contribution in [1.29, 1.82) is 0 Å². The lowest BCUT2D eigenvalue weighted by Crippen LogP contribution is -2.39. The molecule has 1 aliphatic rings. The number of nitrogens with one attached hydrogen (secondary N) is 1. The van der Waals surface area contributed by atoms with Crippen molar-refractivity contribution in [3.8, 4) is 5.75 Å². The number of aromatic hydroxyl groups is 1. The molecule has 1 atom stereocenters. The number of rotatable bonds is 3. The van der Waals surface area contributed by atoms with E-state index in [1.807, 2.05) is 32.3 Å². The molecule has 1 aliphatic heterocycles. The number of fused-ring (bicyclic) bond motifs is 1. The highest BCUT2D eigenvalue weighted by Gasteiger charge is 2.30. The van der Waals surface area contributed by atoms with Gasteiger partial charge in [-0.15, -0.1) is 0 Å². The van der Waals surface area contributed by atoms with E-state index in [1.54, 1.807) is 29.3 Å². The van der Waals surface area contributed by atoms with Gasteiger partial charge in [-0.25, -0.2) is 9.78 Å². The normalized spacial score (nSPS) is 16.7. The molecule has 10 heteroatoms. The summed E-state index contributed by atoms with van der Waals surface area (Å²) >= 11 is 6.53. The molecule has 0 spiro atoms. The Balaban J connectivity index is 1.75. The Bertz CT molecular complexity index is 1270. The molecule has 2 amide bonds. The van der Waals surface area contributed by atoms with E-state index in [0.29, 0.717) is 35.6 Å².